The molecular formula is C13H21NO2S. The van der Waals surface area contributed by atoms with Gasteiger partial charge in [0, 0.05) is 4.88 Å². The van der Waals surface area contributed by atoms with Crippen molar-refractivity contribution >= 4 is 22.3 Å². The molecule has 1 rings (SSSR count). The molecule has 0 amide bonds. The number of carbonyl (C=O) groups excluding carboxylic acids is 1. The van der Waals surface area contributed by atoms with E-state index in [9.17, 15) is 4.79 Å². The lowest BCUT2D eigenvalue weighted by Crippen LogP contribution is -2.10. The summed E-state index contributed by atoms with van der Waals surface area (Å²) in [7, 11) is 0. The van der Waals surface area contributed by atoms with Crippen molar-refractivity contribution in [1.82, 2.24) is 0 Å². The zero-order valence-corrected chi connectivity index (χ0v) is 11.8. The second-order valence-corrected chi connectivity index (χ2v) is 5.57. The van der Waals surface area contributed by atoms with Crippen molar-refractivity contribution in [2.75, 3.05) is 12.3 Å². The normalized spacial score (nSPS) is 12.5. The van der Waals surface area contributed by atoms with Crippen LogP contribution in [0, 0.1) is 12.8 Å². The highest BCUT2D eigenvalue weighted by Crippen LogP contribution is 2.33. The van der Waals surface area contributed by atoms with E-state index in [2.05, 4.69) is 13.8 Å². The quantitative estimate of drug-likeness (QED) is 0.820. The van der Waals surface area contributed by atoms with E-state index in [1.165, 1.54) is 11.3 Å². The van der Waals surface area contributed by atoms with Gasteiger partial charge in [-0.25, -0.2) is 4.79 Å². The molecule has 0 unspecified atom stereocenters. The first-order chi connectivity index (χ1) is 8.01. The van der Waals surface area contributed by atoms with Crippen molar-refractivity contribution in [3.05, 3.63) is 16.0 Å². The summed E-state index contributed by atoms with van der Waals surface area (Å²) >= 11 is 1.48. The maximum absolute atomic E-state index is 11.9. The Balaban J connectivity index is 3.06. The minimum atomic E-state index is -0.285. The van der Waals surface area contributed by atoms with E-state index in [0.29, 0.717) is 23.1 Å². The van der Waals surface area contributed by atoms with Crippen molar-refractivity contribution in [1.29, 1.82) is 0 Å². The van der Waals surface area contributed by atoms with Crippen LogP contribution in [0.15, 0.2) is 0 Å². The number of hydrogen-bond donors (Lipinski definition) is 1. The van der Waals surface area contributed by atoms with E-state index in [1.807, 2.05) is 13.8 Å². The van der Waals surface area contributed by atoms with Crippen molar-refractivity contribution in [3.8, 4) is 0 Å². The molecule has 0 aliphatic heterocycles. The largest absolute Gasteiger partial charge is 0.462 e. The van der Waals surface area contributed by atoms with Gasteiger partial charge in [0.05, 0.1) is 12.2 Å². The zero-order chi connectivity index (χ0) is 13.0. The lowest BCUT2D eigenvalue weighted by Gasteiger charge is -2.10. The zero-order valence-electron chi connectivity index (χ0n) is 11.0. The minimum absolute atomic E-state index is 0.285. The third-order valence-corrected chi connectivity index (χ3v) is 3.94. The molecule has 2 N–H and O–H groups in total. The molecule has 0 fully saturated rings. The monoisotopic (exact) mass is 255 g/mol. The highest BCUT2D eigenvalue weighted by molar-refractivity contribution is 7.16. The average molecular weight is 255 g/mol. The maximum atomic E-state index is 11.9. The van der Waals surface area contributed by atoms with E-state index in [-0.39, 0.29) is 5.97 Å². The predicted molar refractivity (Wildman–Crippen MR) is 72.6 cm³/mol. The number of ether oxygens (including phenoxy) is 1. The molecule has 0 aromatic carbocycles. The summed E-state index contributed by atoms with van der Waals surface area (Å²) in [6.07, 6.45) is 1.99. The molecule has 17 heavy (non-hydrogen) atoms. The summed E-state index contributed by atoms with van der Waals surface area (Å²) in [5.41, 5.74) is 7.57. The van der Waals surface area contributed by atoms with Crippen LogP contribution in [0.1, 0.15) is 48.0 Å². The van der Waals surface area contributed by atoms with Crippen LogP contribution in [0.3, 0.4) is 0 Å². The van der Waals surface area contributed by atoms with Crippen LogP contribution in [0.5, 0.6) is 0 Å². The first-order valence-electron chi connectivity index (χ1n) is 6.06. The molecule has 0 spiro atoms. The van der Waals surface area contributed by atoms with Gasteiger partial charge in [0.2, 0.25) is 0 Å². The van der Waals surface area contributed by atoms with E-state index in [1.54, 1.807) is 0 Å². The fraction of sp³-hybridized carbons (Fsp3) is 0.615. The molecule has 0 aliphatic carbocycles. The van der Waals surface area contributed by atoms with E-state index in [4.69, 9.17) is 10.5 Å². The van der Waals surface area contributed by atoms with Crippen LogP contribution in [0.25, 0.3) is 0 Å². The van der Waals surface area contributed by atoms with E-state index >= 15 is 0 Å². The lowest BCUT2D eigenvalue weighted by atomic mass is 9.96. The molecular weight excluding hydrogens is 234 g/mol. The van der Waals surface area contributed by atoms with Crippen LogP contribution in [-0.4, -0.2) is 12.6 Å². The smallest absolute Gasteiger partial charge is 0.341 e. The minimum Gasteiger partial charge on any atom is -0.462 e. The molecule has 0 saturated heterocycles. The second-order valence-electron chi connectivity index (χ2n) is 4.31. The Hall–Kier alpha value is -1.03. The summed E-state index contributed by atoms with van der Waals surface area (Å²) < 4.78 is 5.07. The van der Waals surface area contributed by atoms with Crippen LogP contribution in [-0.2, 0) is 11.2 Å². The lowest BCUT2D eigenvalue weighted by molar-refractivity contribution is 0.0526. The molecule has 1 aromatic heterocycles. The summed E-state index contributed by atoms with van der Waals surface area (Å²) in [6, 6.07) is 0. The fourth-order valence-electron chi connectivity index (χ4n) is 1.77. The Labute approximate surface area is 107 Å². The Bertz CT molecular complexity index is 398. The first kappa shape index (κ1) is 14.0. The van der Waals surface area contributed by atoms with Crippen LogP contribution >= 0.6 is 11.3 Å². The van der Waals surface area contributed by atoms with Gasteiger partial charge in [0.1, 0.15) is 5.00 Å². The standard InChI is InChI=1S/C13H21NO2S/c1-5-8(3)7-10-9(4)17-12(14)11(10)13(15)16-6-2/h8H,5-7,14H2,1-4H3/t8-/m1/s1. The second kappa shape index (κ2) is 6.05. The van der Waals surface area contributed by atoms with Gasteiger partial charge in [-0.3, -0.25) is 0 Å². The SMILES string of the molecule is CCOC(=O)c1c(N)sc(C)c1C[C@H](C)CC. The third kappa shape index (κ3) is 3.22. The van der Waals surface area contributed by atoms with Crippen molar-refractivity contribution < 1.29 is 9.53 Å². The highest BCUT2D eigenvalue weighted by atomic mass is 32.1. The van der Waals surface area contributed by atoms with Gasteiger partial charge in [-0.2, -0.15) is 0 Å². The van der Waals surface area contributed by atoms with Crippen molar-refractivity contribution in [3.63, 3.8) is 0 Å². The van der Waals surface area contributed by atoms with E-state index < -0.39 is 0 Å². The Morgan fingerprint density at radius 2 is 2.12 bits per heavy atom. The van der Waals surface area contributed by atoms with Gasteiger partial charge in [0.15, 0.2) is 0 Å². The topological polar surface area (TPSA) is 52.3 Å². The summed E-state index contributed by atoms with van der Waals surface area (Å²) in [5.74, 6) is 0.267. The third-order valence-electron chi connectivity index (χ3n) is 2.97. The maximum Gasteiger partial charge on any atom is 0.341 e. The molecule has 0 radical (unpaired) electrons. The summed E-state index contributed by atoms with van der Waals surface area (Å²) in [4.78, 5) is 13.0. The molecule has 0 saturated carbocycles. The Morgan fingerprint density at radius 1 is 1.47 bits per heavy atom. The Morgan fingerprint density at radius 3 is 2.65 bits per heavy atom. The van der Waals surface area contributed by atoms with Gasteiger partial charge in [-0.1, -0.05) is 20.3 Å². The van der Waals surface area contributed by atoms with Crippen LogP contribution in [0.4, 0.5) is 5.00 Å². The molecule has 3 nitrogen and oxygen atoms in total. The molecule has 1 atom stereocenters. The summed E-state index contributed by atoms with van der Waals surface area (Å²) in [6.45, 7) is 8.54. The van der Waals surface area contributed by atoms with E-state index in [0.717, 1.165) is 23.3 Å². The molecule has 1 heterocycles. The molecule has 0 bridgehead atoms. The van der Waals surface area contributed by atoms with Gasteiger partial charge < -0.3 is 10.5 Å². The number of rotatable bonds is 5. The number of carbonyl (C=O) groups is 1. The fourth-order valence-corrected chi connectivity index (χ4v) is 2.72. The molecule has 4 heteroatoms. The van der Waals surface area contributed by atoms with Crippen molar-refractivity contribution in [2.45, 2.75) is 40.5 Å². The van der Waals surface area contributed by atoms with Gasteiger partial charge in [0.25, 0.3) is 0 Å². The molecule has 96 valence electrons. The number of thiophene rings is 1. The van der Waals surface area contributed by atoms with Gasteiger partial charge >= 0.3 is 5.97 Å². The molecule has 1 aromatic rings. The number of hydrogen-bond acceptors (Lipinski definition) is 4. The van der Waals surface area contributed by atoms with Crippen LogP contribution in [0.2, 0.25) is 0 Å². The van der Waals surface area contributed by atoms with Gasteiger partial charge in [-0.15, -0.1) is 11.3 Å². The molecule has 0 aliphatic rings. The Kier molecular flexibility index (Phi) is 5.00. The van der Waals surface area contributed by atoms with Crippen molar-refractivity contribution in [2.24, 2.45) is 5.92 Å². The average Bonchev–Trinajstić information content (AvgIpc) is 2.54. The number of aryl methyl sites for hydroxylation is 1. The number of nitrogen functional groups attached to an aromatic ring is 1. The van der Waals surface area contributed by atoms with Crippen LogP contribution < -0.4 is 5.73 Å². The highest BCUT2D eigenvalue weighted by Gasteiger charge is 2.22. The first-order valence-corrected chi connectivity index (χ1v) is 6.87. The number of anilines is 1. The van der Waals surface area contributed by atoms with Gasteiger partial charge in [-0.05, 0) is 31.7 Å². The number of esters is 1. The summed E-state index contributed by atoms with van der Waals surface area (Å²) in [5, 5.41) is 0.583. The predicted octanol–water partition coefficient (Wildman–Crippen LogP) is 3.40. The number of nitrogens with two attached hydrogens (primary N) is 1.